The van der Waals surface area contributed by atoms with Gasteiger partial charge in [-0.2, -0.15) is 0 Å². The summed E-state index contributed by atoms with van der Waals surface area (Å²) in [5.41, 5.74) is 2.03. The zero-order valence-corrected chi connectivity index (χ0v) is 12.1. The average Bonchev–Trinajstić information content (AvgIpc) is 2.36. The zero-order chi connectivity index (χ0) is 14.4. The lowest BCUT2D eigenvalue weighted by molar-refractivity contribution is 0.151. The smallest absolute Gasteiger partial charge is 0.407 e. The number of phenolic OH excluding ortho intramolecular Hbond substituents is 1. The summed E-state index contributed by atoms with van der Waals surface area (Å²) in [5.74, 6) is 0.761. The molecule has 1 aromatic rings. The van der Waals surface area contributed by atoms with Gasteiger partial charge in [0.2, 0.25) is 0 Å². The van der Waals surface area contributed by atoms with E-state index in [1.165, 1.54) is 0 Å². The van der Waals surface area contributed by atoms with Gasteiger partial charge < -0.3 is 15.2 Å². The Morgan fingerprint density at radius 3 is 2.63 bits per heavy atom. The van der Waals surface area contributed by atoms with Gasteiger partial charge in [0.15, 0.2) is 0 Å². The van der Waals surface area contributed by atoms with E-state index in [4.69, 9.17) is 4.74 Å². The topological polar surface area (TPSA) is 58.6 Å². The van der Waals surface area contributed by atoms with Gasteiger partial charge in [0.05, 0.1) is 6.61 Å². The fourth-order valence-corrected chi connectivity index (χ4v) is 1.88. The van der Waals surface area contributed by atoms with E-state index in [0.29, 0.717) is 18.9 Å². The first-order valence-corrected chi connectivity index (χ1v) is 6.69. The van der Waals surface area contributed by atoms with Gasteiger partial charge in [-0.25, -0.2) is 4.79 Å². The van der Waals surface area contributed by atoms with Crippen molar-refractivity contribution in [3.8, 4) is 5.75 Å². The molecule has 0 aliphatic rings. The van der Waals surface area contributed by atoms with Gasteiger partial charge in [0.1, 0.15) is 5.75 Å². The van der Waals surface area contributed by atoms with E-state index < -0.39 is 6.09 Å². The summed E-state index contributed by atoms with van der Waals surface area (Å²) >= 11 is 0. The normalized spacial score (nSPS) is 12.3. The molecule has 2 N–H and O–H groups in total. The Labute approximate surface area is 114 Å². The minimum atomic E-state index is -0.391. The molecular formula is C15H23NO3. The van der Waals surface area contributed by atoms with Gasteiger partial charge in [0.25, 0.3) is 0 Å². The predicted octanol–water partition coefficient (Wildman–Crippen LogP) is 3.37. The largest absolute Gasteiger partial charge is 0.508 e. The van der Waals surface area contributed by atoms with E-state index in [1.54, 1.807) is 13.0 Å². The lowest BCUT2D eigenvalue weighted by Gasteiger charge is -2.16. The molecule has 0 aromatic heterocycles. The summed E-state index contributed by atoms with van der Waals surface area (Å²) in [6.45, 7) is 8.78. The molecule has 0 heterocycles. The van der Waals surface area contributed by atoms with Gasteiger partial charge in [-0.3, -0.25) is 0 Å². The number of ether oxygens (including phenoxy) is 1. The van der Waals surface area contributed by atoms with Crippen molar-refractivity contribution in [3.63, 3.8) is 0 Å². The molecule has 1 unspecified atom stereocenters. The molecule has 0 spiro atoms. The van der Waals surface area contributed by atoms with Crippen molar-refractivity contribution in [3.05, 3.63) is 29.3 Å². The zero-order valence-electron chi connectivity index (χ0n) is 12.1. The van der Waals surface area contributed by atoms with Gasteiger partial charge >= 0.3 is 6.09 Å². The van der Waals surface area contributed by atoms with E-state index in [9.17, 15) is 9.90 Å². The van der Waals surface area contributed by atoms with E-state index in [2.05, 4.69) is 5.32 Å². The van der Waals surface area contributed by atoms with Crippen molar-refractivity contribution in [1.82, 2.24) is 5.32 Å². The molecule has 0 bridgehead atoms. The van der Waals surface area contributed by atoms with Crippen LogP contribution in [0.25, 0.3) is 0 Å². The molecule has 0 saturated heterocycles. The Morgan fingerprint density at radius 1 is 1.37 bits per heavy atom. The Bertz CT molecular complexity index is 429. The van der Waals surface area contributed by atoms with Crippen LogP contribution >= 0.6 is 0 Å². The highest BCUT2D eigenvalue weighted by atomic mass is 16.5. The summed E-state index contributed by atoms with van der Waals surface area (Å²) in [4.78, 5) is 11.2. The molecule has 1 amide bonds. The molecule has 1 rings (SSSR count). The molecule has 0 radical (unpaired) electrons. The number of aromatic hydroxyl groups is 1. The van der Waals surface area contributed by atoms with Gasteiger partial charge in [-0.15, -0.1) is 0 Å². The van der Waals surface area contributed by atoms with Crippen LogP contribution in [-0.2, 0) is 4.74 Å². The van der Waals surface area contributed by atoms with Crippen molar-refractivity contribution in [1.29, 1.82) is 0 Å². The SMILES string of the molecule is CCOC(=O)NCC(C)c1ccc(O)c(C(C)C)c1. The monoisotopic (exact) mass is 265 g/mol. The predicted molar refractivity (Wildman–Crippen MR) is 75.6 cm³/mol. The number of amides is 1. The maximum absolute atomic E-state index is 11.2. The number of hydrogen-bond acceptors (Lipinski definition) is 3. The second kappa shape index (κ2) is 7.02. The molecule has 0 aliphatic heterocycles. The highest BCUT2D eigenvalue weighted by Crippen LogP contribution is 2.28. The van der Waals surface area contributed by atoms with Crippen LogP contribution < -0.4 is 5.32 Å². The number of alkyl carbamates (subject to hydrolysis) is 1. The number of carbonyl (C=O) groups is 1. The Hall–Kier alpha value is -1.71. The third-order valence-corrected chi connectivity index (χ3v) is 3.07. The van der Waals surface area contributed by atoms with Crippen LogP contribution in [0.2, 0.25) is 0 Å². The molecule has 4 heteroatoms. The number of phenols is 1. The Morgan fingerprint density at radius 2 is 2.05 bits per heavy atom. The van der Waals surface area contributed by atoms with Crippen LogP contribution in [0.1, 0.15) is 50.7 Å². The standard InChI is InChI=1S/C15H23NO3/c1-5-19-15(18)16-9-11(4)12-6-7-14(17)13(8-12)10(2)3/h6-8,10-11,17H,5,9H2,1-4H3,(H,16,18). The van der Waals surface area contributed by atoms with Crippen molar-refractivity contribution < 1.29 is 14.6 Å². The summed E-state index contributed by atoms with van der Waals surface area (Å²) < 4.78 is 4.82. The van der Waals surface area contributed by atoms with Crippen molar-refractivity contribution >= 4 is 6.09 Å². The summed E-state index contributed by atoms with van der Waals surface area (Å²) in [6, 6.07) is 5.60. The summed E-state index contributed by atoms with van der Waals surface area (Å²) in [5, 5.41) is 12.5. The van der Waals surface area contributed by atoms with E-state index >= 15 is 0 Å². The van der Waals surface area contributed by atoms with Gasteiger partial charge in [-0.1, -0.05) is 32.9 Å². The Balaban J connectivity index is 2.69. The van der Waals surface area contributed by atoms with Crippen molar-refractivity contribution in [2.45, 2.75) is 39.5 Å². The molecular weight excluding hydrogens is 242 g/mol. The van der Waals surface area contributed by atoms with Crippen LogP contribution in [0.4, 0.5) is 4.79 Å². The van der Waals surface area contributed by atoms with E-state index in [-0.39, 0.29) is 11.8 Å². The van der Waals surface area contributed by atoms with Gasteiger partial charge in [-0.05, 0) is 36.0 Å². The highest BCUT2D eigenvalue weighted by molar-refractivity contribution is 5.67. The lowest BCUT2D eigenvalue weighted by atomic mass is 9.94. The van der Waals surface area contributed by atoms with Crippen LogP contribution in [0.3, 0.4) is 0 Å². The average molecular weight is 265 g/mol. The van der Waals surface area contributed by atoms with E-state index in [1.807, 2.05) is 32.9 Å². The number of hydrogen-bond donors (Lipinski definition) is 2. The number of carbonyl (C=O) groups excluding carboxylic acids is 1. The lowest BCUT2D eigenvalue weighted by Crippen LogP contribution is -2.28. The number of benzene rings is 1. The maximum Gasteiger partial charge on any atom is 0.407 e. The van der Waals surface area contributed by atoms with E-state index in [0.717, 1.165) is 11.1 Å². The molecule has 4 nitrogen and oxygen atoms in total. The van der Waals surface area contributed by atoms with Crippen molar-refractivity contribution in [2.75, 3.05) is 13.2 Å². The fourth-order valence-electron chi connectivity index (χ4n) is 1.88. The third-order valence-electron chi connectivity index (χ3n) is 3.07. The maximum atomic E-state index is 11.2. The van der Waals surface area contributed by atoms with Crippen LogP contribution in [0, 0.1) is 0 Å². The number of nitrogens with one attached hydrogen (secondary N) is 1. The molecule has 1 atom stereocenters. The molecule has 1 aromatic carbocycles. The first-order chi connectivity index (χ1) is 8.95. The molecule has 0 fully saturated rings. The molecule has 19 heavy (non-hydrogen) atoms. The minimum absolute atomic E-state index is 0.169. The van der Waals surface area contributed by atoms with Crippen molar-refractivity contribution in [2.24, 2.45) is 0 Å². The summed E-state index contributed by atoms with van der Waals surface area (Å²) in [7, 11) is 0. The second-order valence-electron chi connectivity index (χ2n) is 4.98. The first kappa shape index (κ1) is 15.3. The summed E-state index contributed by atoms with van der Waals surface area (Å²) in [6.07, 6.45) is -0.391. The first-order valence-electron chi connectivity index (χ1n) is 6.69. The van der Waals surface area contributed by atoms with Crippen LogP contribution in [0.15, 0.2) is 18.2 Å². The highest BCUT2D eigenvalue weighted by Gasteiger charge is 2.12. The fraction of sp³-hybridized carbons (Fsp3) is 0.533. The third kappa shape index (κ3) is 4.47. The molecule has 106 valence electrons. The van der Waals surface area contributed by atoms with Gasteiger partial charge in [0, 0.05) is 6.54 Å². The van der Waals surface area contributed by atoms with Crippen LogP contribution in [0.5, 0.6) is 5.75 Å². The second-order valence-corrected chi connectivity index (χ2v) is 4.98. The molecule has 0 aliphatic carbocycles. The van der Waals surface area contributed by atoms with Crippen LogP contribution in [-0.4, -0.2) is 24.4 Å². The molecule has 0 saturated carbocycles. The quantitative estimate of drug-likeness (QED) is 0.858. The number of rotatable bonds is 5. The minimum Gasteiger partial charge on any atom is -0.508 e. The Kier molecular flexibility index (Phi) is 5.67.